The van der Waals surface area contributed by atoms with Gasteiger partial charge in [0.2, 0.25) is 5.91 Å². The number of carbonyl (C=O) groups excluding carboxylic acids is 1. The molecule has 0 saturated carbocycles. The van der Waals surface area contributed by atoms with E-state index >= 15 is 0 Å². The van der Waals surface area contributed by atoms with Gasteiger partial charge in [-0.3, -0.25) is 4.79 Å². The molecule has 0 bridgehead atoms. The lowest BCUT2D eigenvalue weighted by molar-refractivity contribution is -0.116. The fourth-order valence-electron chi connectivity index (χ4n) is 2.01. The normalized spacial score (nSPS) is 14.6. The lowest BCUT2D eigenvalue weighted by Crippen LogP contribution is -2.25. The second kappa shape index (κ2) is 6.66. The van der Waals surface area contributed by atoms with E-state index in [9.17, 15) is 9.00 Å². The molecule has 0 radical (unpaired) electrons. The number of nitrogens with zero attached hydrogens (tertiary/aromatic N) is 1. The zero-order chi connectivity index (χ0) is 13.7. The lowest BCUT2D eigenvalue weighted by Gasteiger charge is -2.15. The summed E-state index contributed by atoms with van der Waals surface area (Å²) in [4.78, 5) is 13.9. The zero-order valence-corrected chi connectivity index (χ0v) is 12.1. The Morgan fingerprint density at radius 3 is 2.61 bits per heavy atom. The second-order valence-corrected chi connectivity index (χ2v) is 5.03. The SMILES string of the molecule is CC.CNS(=O)c1cccc2c1CCN2C(C)=O. The van der Waals surface area contributed by atoms with Crippen LogP contribution in [-0.2, 0) is 22.2 Å². The number of carbonyl (C=O) groups is 1. The first-order chi connectivity index (χ1) is 8.65. The predicted molar refractivity (Wildman–Crippen MR) is 75.0 cm³/mol. The number of amides is 1. The minimum atomic E-state index is -1.19. The third-order valence-electron chi connectivity index (χ3n) is 2.75. The van der Waals surface area contributed by atoms with Crippen molar-refractivity contribution in [3.8, 4) is 0 Å². The lowest BCUT2D eigenvalue weighted by atomic mass is 10.2. The van der Waals surface area contributed by atoms with Gasteiger partial charge in [0.15, 0.2) is 0 Å². The molecule has 0 fully saturated rings. The molecule has 1 atom stereocenters. The predicted octanol–water partition coefficient (Wildman–Crippen LogP) is 1.86. The summed E-state index contributed by atoms with van der Waals surface area (Å²) < 4.78 is 14.5. The molecule has 1 heterocycles. The quantitative estimate of drug-likeness (QED) is 0.890. The zero-order valence-electron chi connectivity index (χ0n) is 11.3. The van der Waals surface area contributed by atoms with E-state index in [4.69, 9.17) is 0 Å². The van der Waals surface area contributed by atoms with Gasteiger partial charge in [-0.1, -0.05) is 19.9 Å². The fraction of sp³-hybridized carbons (Fsp3) is 0.462. The van der Waals surface area contributed by atoms with Crippen LogP contribution in [0.3, 0.4) is 0 Å². The largest absolute Gasteiger partial charge is 0.312 e. The Kier molecular flexibility index (Phi) is 5.50. The maximum atomic E-state index is 11.7. The smallest absolute Gasteiger partial charge is 0.223 e. The number of rotatable bonds is 2. The summed E-state index contributed by atoms with van der Waals surface area (Å²) >= 11 is 0. The van der Waals surface area contributed by atoms with Crippen molar-refractivity contribution in [1.82, 2.24) is 4.72 Å². The molecule has 100 valence electrons. The highest BCUT2D eigenvalue weighted by Crippen LogP contribution is 2.31. The Labute approximate surface area is 111 Å². The molecule has 1 aromatic carbocycles. The van der Waals surface area contributed by atoms with Gasteiger partial charge in [-0.05, 0) is 31.2 Å². The van der Waals surface area contributed by atoms with Crippen LogP contribution in [0.1, 0.15) is 26.3 Å². The van der Waals surface area contributed by atoms with Gasteiger partial charge in [0.05, 0.1) is 4.90 Å². The summed E-state index contributed by atoms with van der Waals surface area (Å²) in [5.41, 5.74) is 1.92. The second-order valence-electron chi connectivity index (χ2n) is 3.65. The maximum absolute atomic E-state index is 11.7. The number of hydrogen-bond donors (Lipinski definition) is 1. The number of nitrogens with one attached hydrogen (secondary N) is 1. The standard InChI is InChI=1S/C11H14N2O2S.C2H6/c1-8(14)13-7-6-9-10(13)4-3-5-11(9)16(15)12-2;1-2/h3-5,12H,6-7H2,1-2H3;1-2H3. The minimum Gasteiger partial charge on any atom is -0.312 e. The Bertz CT molecular complexity index is 460. The van der Waals surface area contributed by atoms with Crippen LogP contribution < -0.4 is 9.62 Å². The first-order valence-electron chi connectivity index (χ1n) is 6.14. The summed E-state index contributed by atoms with van der Waals surface area (Å²) in [6.45, 7) is 6.24. The number of fused-ring (bicyclic) bond motifs is 1. The van der Waals surface area contributed by atoms with E-state index in [1.807, 2.05) is 32.0 Å². The average Bonchev–Trinajstić information content (AvgIpc) is 2.84. The van der Waals surface area contributed by atoms with Crippen molar-refractivity contribution in [3.63, 3.8) is 0 Å². The molecule has 1 unspecified atom stereocenters. The van der Waals surface area contributed by atoms with E-state index in [1.165, 1.54) is 0 Å². The van der Waals surface area contributed by atoms with E-state index in [-0.39, 0.29) is 5.91 Å². The molecular weight excluding hydrogens is 248 g/mol. The highest BCUT2D eigenvalue weighted by atomic mass is 32.2. The van der Waals surface area contributed by atoms with Crippen molar-refractivity contribution in [2.24, 2.45) is 0 Å². The van der Waals surface area contributed by atoms with Gasteiger partial charge in [-0.25, -0.2) is 8.93 Å². The van der Waals surface area contributed by atoms with Crippen LogP contribution in [0.4, 0.5) is 5.69 Å². The Hall–Kier alpha value is -1.20. The van der Waals surface area contributed by atoms with Gasteiger partial charge in [-0.15, -0.1) is 0 Å². The van der Waals surface area contributed by atoms with Gasteiger partial charge < -0.3 is 4.90 Å². The number of benzene rings is 1. The van der Waals surface area contributed by atoms with Crippen molar-refractivity contribution in [2.45, 2.75) is 32.1 Å². The summed E-state index contributed by atoms with van der Waals surface area (Å²) in [7, 11) is 0.472. The third kappa shape index (κ3) is 2.79. The van der Waals surface area contributed by atoms with Crippen molar-refractivity contribution in [2.75, 3.05) is 18.5 Å². The fourth-order valence-corrected chi connectivity index (χ4v) is 2.87. The Morgan fingerprint density at radius 1 is 1.39 bits per heavy atom. The van der Waals surface area contributed by atoms with Gasteiger partial charge in [0, 0.05) is 19.2 Å². The third-order valence-corrected chi connectivity index (χ3v) is 3.90. The molecule has 0 aromatic heterocycles. The van der Waals surface area contributed by atoms with Crippen LogP contribution in [0.25, 0.3) is 0 Å². The van der Waals surface area contributed by atoms with Gasteiger partial charge in [0.1, 0.15) is 11.0 Å². The molecular formula is C13H20N2O2S. The Morgan fingerprint density at radius 2 is 2.06 bits per heavy atom. The van der Waals surface area contributed by atoms with Crippen LogP contribution in [0.5, 0.6) is 0 Å². The van der Waals surface area contributed by atoms with E-state index in [0.717, 1.165) is 22.6 Å². The van der Waals surface area contributed by atoms with Crippen LogP contribution in [0.2, 0.25) is 0 Å². The highest BCUT2D eigenvalue weighted by Gasteiger charge is 2.25. The highest BCUT2D eigenvalue weighted by molar-refractivity contribution is 7.83. The number of anilines is 1. The topological polar surface area (TPSA) is 49.4 Å². The summed E-state index contributed by atoms with van der Waals surface area (Å²) in [5.74, 6) is 0.0335. The van der Waals surface area contributed by atoms with E-state index < -0.39 is 11.0 Å². The molecule has 1 aliphatic heterocycles. The van der Waals surface area contributed by atoms with E-state index in [1.54, 1.807) is 18.9 Å². The molecule has 1 amide bonds. The molecule has 2 rings (SSSR count). The summed E-state index contributed by atoms with van der Waals surface area (Å²) in [6, 6.07) is 5.58. The van der Waals surface area contributed by atoms with Crippen molar-refractivity contribution in [1.29, 1.82) is 0 Å². The molecule has 1 N–H and O–H groups in total. The van der Waals surface area contributed by atoms with E-state index in [0.29, 0.717) is 6.54 Å². The maximum Gasteiger partial charge on any atom is 0.223 e. The minimum absolute atomic E-state index is 0.0335. The summed E-state index contributed by atoms with van der Waals surface area (Å²) in [5, 5.41) is 0. The van der Waals surface area contributed by atoms with Crippen molar-refractivity contribution >= 4 is 22.6 Å². The van der Waals surface area contributed by atoms with Crippen LogP contribution in [0.15, 0.2) is 23.1 Å². The molecule has 4 nitrogen and oxygen atoms in total. The summed E-state index contributed by atoms with van der Waals surface area (Å²) in [6.07, 6.45) is 0.776. The molecule has 0 saturated heterocycles. The molecule has 18 heavy (non-hydrogen) atoms. The van der Waals surface area contributed by atoms with Gasteiger partial charge in [-0.2, -0.15) is 0 Å². The van der Waals surface area contributed by atoms with Crippen molar-refractivity contribution < 1.29 is 9.00 Å². The van der Waals surface area contributed by atoms with Crippen molar-refractivity contribution in [3.05, 3.63) is 23.8 Å². The monoisotopic (exact) mass is 268 g/mol. The van der Waals surface area contributed by atoms with E-state index in [2.05, 4.69) is 4.72 Å². The van der Waals surface area contributed by atoms with Crippen LogP contribution >= 0.6 is 0 Å². The Balaban J connectivity index is 0.000000771. The first kappa shape index (κ1) is 14.9. The van der Waals surface area contributed by atoms with Crippen LogP contribution in [0, 0.1) is 0 Å². The molecule has 0 spiro atoms. The molecule has 0 aliphatic carbocycles. The molecule has 5 heteroatoms. The molecule has 1 aromatic rings. The number of hydrogen-bond acceptors (Lipinski definition) is 2. The van der Waals surface area contributed by atoms with Gasteiger partial charge in [0.25, 0.3) is 0 Å². The van der Waals surface area contributed by atoms with Crippen LogP contribution in [-0.4, -0.2) is 23.7 Å². The van der Waals surface area contributed by atoms with Gasteiger partial charge >= 0.3 is 0 Å². The average molecular weight is 268 g/mol. The molecule has 1 aliphatic rings. The first-order valence-corrected chi connectivity index (χ1v) is 7.29.